The monoisotopic (exact) mass is 557 g/mol. The maximum absolute atomic E-state index is 12.7. The molecule has 0 bridgehead atoms. The fraction of sp³-hybridized carbons (Fsp3) is 0.233. The van der Waals surface area contributed by atoms with Crippen molar-refractivity contribution in [3.05, 3.63) is 78.6 Å². The number of benzene rings is 2. The number of halogens is 1. The van der Waals surface area contributed by atoms with E-state index in [1.807, 2.05) is 42.6 Å². The number of hydrogen-bond donors (Lipinski definition) is 3. The lowest BCUT2D eigenvalue weighted by atomic mass is 10.1. The maximum atomic E-state index is 12.7. The zero-order chi connectivity index (χ0) is 28.2. The number of ether oxygens (including phenoxy) is 1. The van der Waals surface area contributed by atoms with E-state index in [4.69, 9.17) is 21.3 Å². The second-order valence-corrected chi connectivity index (χ2v) is 10.2. The molecule has 10 heteroatoms. The average Bonchev–Trinajstić information content (AvgIpc) is 3.61. The lowest BCUT2D eigenvalue weighted by molar-refractivity contribution is -0.111. The number of allylic oxidation sites excluding steroid dienone is 2. The molecular formula is C30H32ClN7O2. The van der Waals surface area contributed by atoms with E-state index in [0.29, 0.717) is 39.8 Å². The van der Waals surface area contributed by atoms with Crippen LogP contribution in [0.3, 0.4) is 0 Å². The number of para-hydroxylation sites is 1. The maximum Gasteiger partial charge on any atom is 0.248 e. The predicted octanol–water partition coefficient (Wildman–Crippen LogP) is 5.85. The minimum Gasteiger partial charge on any atom is -0.494 e. The van der Waals surface area contributed by atoms with Crippen molar-refractivity contribution in [1.29, 1.82) is 0 Å². The number of aromatic nitrogens is 3. The van der Waals surface area contributed by atoms with E-state index in [-0.39, 0.29) is 5.91 Å². The van der Waals surface area contributed by atoms with Crippen LogP contribution in [-0.4, -0.2) is 66.1 Å². The highest BCUT2D eigenvalue weighted by atomic mass is 35.5. The zero-order valence-electron chi connectivity index (χ0n) is 22.7. The first-order chi connectivity index (χ1) is 19.4. The number of methoxy groups -OCH3 is 1. The Bertz CT molecular complexity index is 1580. The van der Waals surface area contributed by atoms with Crippen LogP contribution in [0.5, 0.6) is 5.75 Å². The smallest absolute Gasteiger partial charge is 0.248 e. The number of carbonyl (C=O) groups is 1. The van der Waals surface area contributed by atoms with E-state index in [0.717, 1.165) is 41.7 Å². The fourth-order valence-electron chi connectivity index (χ4n) is 4.91. The topological polar surface area (TPSA) is 98.4 Å². The van der Waals surface area contributed by atoms with Crippen LogP contribution in [0.15, 0.2) is 73.6 Å². The van der Waals surface area contributed by atoms with Gasteiger partial charge in [-0.1, -0.05) is 48.5 Å². The highest BCUT2D eigenvalue weighted by Crippen LogP contribution is 2.40. The molecule has 0 radical (unpaired) electrons. The van der Waals surface area contributed by atoms with Gasteiger partial charge in [-0.05, 0) is 32.6 Å². The molecule has 2 aromatic carbocycles. The third-order valence-electron chi connectivity index (χ3n) is 7.03. The molecule has 4 aromatic rings. The zero-order valence-corrected chi connectivity index (χ0v) is 23.5. The van der Waals surface area contributed by atoms with Crippen molar-refractivity contribution in [2.75, 3.05) is 49.8 Å². The Labute approximate surface area is 238 Å². The molecule has 1 amide bonds. The van der Waals surface area contributed by atoms with Crippen molar-refractivity contribution in [1.82, 2.24) is 19.9 Å². The molecular weight excluding hydrogens is 526 g/mol. The standard InChI is InChI=1S/C30H32ClN7O2/c1-5-6-11-28(39)34-24-14-25(27(40-4)15-26(24)38-13-12-19(18-38)37(2)3)35-30-33-17-22(31)29(36-30)21-16-32-23-10-8-7-9-20(21)23/h5-11,14-17,19,32H,1,12-13,18H2,2-4H3,(H,34,39)(H,33,35,36)/b11-6+/t19-/m1/s1. The molecule has 0 aliphatic carbocycles. The molecule has 3 heterocycles. The molecule has 0 unspecified atom stereocenters. The summed E-state index contributed by atoms with van der Waals surface area (Å²) in [6.45, 7) is 5.34. The molecule has 1 saturated heterocycles. The lowest BCUT2D eigenvalue weighted by Crippen LogP contribution is -2.31. The van der Waals surface area contributed by atoms with Crippen LogP contribution in [-0.2, 0) is 4.79 Å². The number of likely N-dealkylation sites (N-methyl/N-ethyl adjacent to an activating group) is 1. The first kappa shape index (κ1) is 27.2. The molecule has 0 spiro atoms. The number of amides is 1. The minimum absolute atomic E-state index is 0.259. The van der Waals surface area contributed by atoms with Crippen molar-refractivity contribution in [3.8, 4) is 17.0 Å². The van der Waals surface area contributed by atoms with Crippen molar-refractivity contribution in [3.63, 3.8) is 0 Å². The van der Waals surface area contributed by atoms with Crippen LogP contribution in [0.1, 0.15) is 6.42 Å². The van der Waals surface area contributed by atoms with Gasteiger partial charge in [0, 0.05) is 53.9 Å². The Hall–Kier alpha value is -4.34. The largest absolute Gasteiger partial charge is 0.494 e. The highest BCUT2D eigenvalue weighted by molar-refractivity contribution is 6.33. The SMILES string of the molecule is C=C/C=C/C(=O)Nc1cc(Nc2ncc(Cl)c(-c3c[nH]c4ccccc34)n2)c(OC)cc1N1CC[C@@H](N(C)C)C1. The number of anilines is 4. The van der Waals surface area contributed by atoms with Gasteiger partial charge in [0.1, 0.15) is 5.75 Å². The summed E-state index contributed by atoms with van der Waals surface area (Å²) in [4.78, 5) is 29.6. The Morgan fingerprint density at radius 1 is 1.27 bits per heavy atom. The number of nitrogens with one attached hydrogen (secondary N) is 3. The van der Waals surface area contributed by atoms with Crippen LogP contribution in [0, 0.1) is 0 Å². The summed E-state index contributed by atoms with van der Waals surface area (Å²) in [6.07, 6.45) is 9.09. The molecule has 3 N–H and O–H groups in total. The average molecular weight is 558 g/mol. The predicted molar refractivity (Wildman–Crippen MR) is 163 cm³/mol. The summed E-state index contributed by atoms with van der Waals surface area (Å²) >= 11 is 6.54. The molecule has 40 heavy (non-hydrogen) atoms. The number of aromatic amines is 1. The first-order valence-electron chi connectivity index (χ1n) is 13.0. The van der Waals surface area contributed by atoms with Crippen LogP contribution in [0.2, 0.25) is 5.02 Å². The third kappa shape index (κ3) is 5.66. The van der Waals surface area contributed by atoms with Gasteiger partial charge in [-0.25, -0.2) is 9.97 Å². The number of H-pyrrole nitrogens is 1. The molecule has 1 aliphatic heterocycles. The summed E-state index contributed by atoms with van der Waals surface area (Å²) in [5, 5.41) is 7.73. The fourth-order valence-corrected chi connectivity index (χ4v) is 5.11. The van der Waals surface area contributed by atoms with E-state index in [9.17, 15) is 4.79 Å². The van der Waals surface area contributed by atoms with E-state index in [1.54, 1.807) is 25.5 Å². The van der Waals surface area contributed by atoms with Crippen LogP contribution >= 0.6 is 11.6 Å². The van der Waals surface area contributed by atoms with Gasteiger partial charge < -0.3 is 30.2 Å². The number of hydrogen-bond acceptors (Lipinski definition) is 7. The second-order valence-electron chi connectivity index (χ2n) is 9.77. The van der Waals surface area contributed by atoms with E-state index < -0.39 is 0 Å². The summed E-state index contributed by atoms with van der Waals surface area (Å²) in [7, 11) is 5.78. The van der Waals surface area contributed by atoms with Crippen molar-refractivity contribution in [2.24, 2.45) is 0 Å². The minimum atomic E-state index is -0.259. The van der Waals surface area contributed by atoms with Gasteiger partial charge in [0.05, 0.1) is 41.1 Å². The first-order valence-corrected chi connectivity index (χ1v) is 13.3. The Balaban J connectivity index is 1.52. The summed E-state index contributed by atoms with van der Waals surface area (Å²) in [5.74, 6) is 0.675. The van der Waals surface area contributed by atoms with Gasteiger partial charge in [0.25, 0.3) is 0 Å². The normalized spacial score (nSPS) is 15.2. The molecule has 0 saturated carbocycles. The van der Waals surface area contributed by atoms with Gasteiger partial charge in [-0.15, -0.1) is 0 Å². The second kappa shape index (κ2) is 11.8. The van der Waals surface area contributed by atoms with Gasteiger partial charge in [0.2, 0.25) is 11.9 Å². The van der Waals surface area contributed by atoms with Gasteiger partial charge >= 0.3 is 0 Å². The summed E-state index contributed by atoms with van der Waals surface area (Å²) in [6, 6.07) is 12.2. The molecule has 5 rings (SSSR count). The van der Waals surface area contributed by atoms with Crippen molar-refractivity contribution >= 4 is 51.4 Å². The molecule has 1 aliphatic rings. The van der Waals surface area contributed by atoms with Crippen molar-refractivity contribution in [2.45, 2.75) is 12.5 Å². The number of nitrogens with zero attached hydrogens (tertiary/aromatic N) is 4. The Morgan fingerprint density at radius 2 is 2.10 bits per heavy atom. The Morgan fingerprint density at radius 3 is 2.85 bits per heavy atom. The van der Waals surface area contributed by atoms with E-state index in [2.05, 4.69) is 51.1 Å². The number of carbonyl (C=O) groups excluding carboxylic acids is 1. The number of rotatable bonds is 9. The third-order valence-corrected chi connectivity index (χ3v) is 7.31. The number of fused-ring (bicyclic) bond motifs is 1. The van der Waals surface area contributed by atoms with Gasteiger partial charge in [0.15, 0.2) is 0 Å². The van der Waals surface area contributed by atoms with Crippen LogP contribution in [0.25, 0.3) is 22.2 Å². The van der Waals surface area contributed by atoms with Crippen LogP contribution in [0.4, 0.5) is 23.0 Å². The summed E-state index contributed by atoms with van der Waals surface area (Å²) in [5.41, 5.74) is 4.59. The molecule has 9 nitrogen and oxygen atoms in total. The van der Waals surface area contributed by atoms with E-state index in [1.165, 1.54) is 6.08 Å². The molecule has 1 atom stereocenters. The molecule has 206 valence electrons. The lowest BCUT2D eigenvalue weighted by Gasteiger charge is -2.25. The molecule has 1 fully saturated rings. The van der Waals surface area contributed by atoms with Crippen molar-refractivity contribution < 1.29 is 9.53 Å². The van der Waals surface area contributed by atoms with Gasteiger partial charge in [-0.2, -0.15) is 0 Å². The molecule has 2 aromatic heterocycles. The quantitative estimate of drug-likeness (QED) is 0.175. The van der Waals surface area contributed by atoms with E-state index >= 15 is 0 Å². The summed E-state index contributed by atoms with van der Waals surface area (Å²) < 4.78 is 5.77. The van der Waals surface area contributed by atoms with Gasteiger partial charge in [-0.3, -0.25) is 4.79 Å². The highest BCUT2D eigenvalue weighted by Gasteiger charge is 2.27. The van der Waals surface area contributed by atoms with Crippen LogP contribution < -0.4 is 20.3 Å². The Kier molecular flexibility index (Phi) is 8.04.